The smallest absolute Gasteiger partial charge is 0.273 e. The van der Waals surface area contributed by atoms with E-state index in [0.717, 1.165) is 11.4 Å². The van der Waals surface area contributed by atoms with Crippen LogP contribution in [0.15, 0.2) is 60.2 Å². The van der Waals surface area contributed by atoms with Crippen LogP contribution in [0.1, 0.15) is 17.0 Å². The summed E-state index contributed by atoms with van der Waals surface area (Å²) < 4.78 is 7.22. The molecule has 0 aliphatic carbocycles. The maximum Gasteiger partial charge on any atom is 0.273 e. The summed E-state index contributed by atoms with van der Waals surface area (Å²) in [6.07, 6.45) is 1.52. The minimum atomic E-state index is -0.508. The highest BCUT2D eigenvalue weighted by Crippen LogP contribution is 2.32. The summed E-state index contributed by atoms with van der Waals surface area (Å²) in [6.45, 7) is 3.70. The van der Waals surface area contributed by atoms with Crippen LogP contribution < -0.4 is 10.1 Å². The first-order valence-electron chi connectivity index (χ1n) is 9.35. The summed E-state index contributed by atoms with van der Waals surface area (Å²) in [5, 5.41) is 23.3. The number of ether oxygens (including phenoxy) is 1. The van der Waals surface area contributed by atoms with E-state index in [-0.39, 0.29) is 11.3 Å². The average Bonchev–Trinajstić information content (AvgIpc) is 3.04. The van der Waals surface area contributed by atoms with Crippen molar-refractivity contribution in [2.24, 2.45) is 0 Å². The summed E-state index contributed by atoms with van der Waals surface area (Å²) in [7, 11) is 1.44. The molecular weight excluding hydrogens is 396 g/mol. The Morgan fingerprint density at radius 3 is 2.52 bits per heavy atom. The van der Waals surface area contributed by atoms with Gasteiger partial charge in [-0.25, -0.2) is 0 Å². The van der Waals surface area contributed by atoms with Gasteiger partial charge in [0, 0.05) is 23.1 Å². The maximum atomic E-state index is 12.5. The third kappa shape index (κ3) is 4.46. The number of hydrogen-bond donors (Lipinski definition) is 1. The normalized spacial score (nSPS) is 11.0. The Kier molecular flexibility index (Phi) is 6.17. The number of nitro benzene ring substituents is 1. The molecule has 0 spiro atoms. The number of amides is 1. The molecule has 0 bridgehead atoms. The molecule has 0 saturated carbocycles. The predicted octanol–water partition coefficient (Wildman–Crippen LogP) is 4.56. The van der Waals surface area contributed by atoms with E-state index >= 15 is 0 Å². The van der Waals surface area contributed by atoms with Gasteiger partial charge < -0.3 is 14.6 Å². The number of rotatable bonds is 6. The second-order valence-electron chi connectivity index (χ2n) is 6.77. The first-order valence-corrected chi connectivity index (χ1v) is 9.35. The second kappa shape index (κ2) is 8.97. The molecule has 1 heterocycles. The summed E-state index contributed by atoms with van der Waals surface area (Å²) in [6, 6.07) is 17.0. The molecular formula is C23H20N4O4. The lowest BCUT2D eigenvalue weighted by Gasteiger charge is -2.13. The number of benzene rings is 2. The molecule has 156 valence electrons. The highest BCUT2D eigenvalue weighted by Gasteiger charge is 2.18. The van der Waals surface area contributed by atoms with Crippen LogP contribution in [0.2, 0.25) is 0 Å². The first kappa shape index (κ1) is 21.3. The fourth-order valence-corrected chi connectivity index (χ4v) is 3.29. The Hall–Kier alpha value is -4.38. The van der Waals surface area contributed by atoms with Gasteiger partial charge in [0.2, 0.25) is 0 Å². The number of methoxy groups -OCH3 is 1. The molecule has 1 aromatic heterocycles. The quantitative estimate of drug-likeness (QED) is 0.274. The second-order valence-corrected chi connectivity index (χ2v) is 6.77. The summed E-state index contributed by atoms with van der Waals surface area (Å²) >= 11 is 0. The van der Waals surface area contributed by atoms with Crippen LogP contribution in [-0.2, 0) is 4.79 Å². The Morgan fingerprint density at radius 1 is 1.19 bits per heavy atom. The highest BCUT2D eigenvalue weighted by atomic mass is 16.6. The molecule has 0 unspecified atom stereocenters. The number of carbonyl (C=O) groups is 1. The number of aromatic nitrogens is 1. The lowest BCUT2D eigenvalue weighted by molar-refractivity contribution is -0.384. The van der Waals surface area contributed by atoms with Crippen molar-refractivity contribution >= 4 is 23.4 Å². The van der Waals surface area contributed by atoms with E-state index < -0.39 is 10.8 Å². The molecule has 0 aliphatic heterocycles. The summed E-state index contributed by atoms with van der Waals surface area (Å²) in [4.78, 5) is 23.1. The molecule has 0 saturated heterocycles. The van der Waals surface area contributed by atoms with Crippen molar-refractivity contribution in [3.05, 3.63) is 87.2 Å². The van der Waals surface area contributed by atoms with Crippen LogP contribution in [0, 0.1) is 35.3 Å². The number of nitrogens with zero attached hydrogens (tertiary/aromatic N) is 3. The zero-order valence-corrected chi connectivity index (χ0v) is 17.2. The van der Waals surface area contributed by atoms with Gasteiger partial charge in [-0.05, 0) is 49.8 Å². The Bertz CT molecular complexity index is 1220. The van der Waals surface area contributed by atoms with Gasteiger partial charge in [-0.1, -0.05) is 18.2 Å². The van der Waals surface area contributed by atoms with Gasteiger partial charge in [0.15, 0.2) is 0 Å². The minimum absolute atomic E-state index is 0.0419. The monoisotopic (exact) mass is 416 g/mol. The molecule has 0 fully saturated rings. The lowest BCUT2D eigenvalue weighted by Crippen LogP contribution is -2.13. The van der Waals surface area contributed by atoms with Crippen LogP contribution in [0.3, 0.4) is 0 Å². The molecule has 0 atom stereocenters. The molecule has 1 amide bonds. The number of carbonyl (C=O) groups excluding carboxylic acids is 1. The number of hydrogen-bond acceptors (Lipinski definition) is 5. The fraction of sp³-hybridized carbons (Fsp3) is 0.130. The SMILES string of the molecule is COc1cc([N+](=O)[O-])ccc1-n1c(C)cc(/C=C(/C#N)C(=O)Nc2ccccc2)c1C. The van der Waals surface area contributed by atoms with Crippen LogP contribution in [-0.4, -0.2) is 22.5 Å². The van der Waals surface area contributed by atoms with Crippen molar-refractivity contribution in [2.75, 3.05) is 12.4 Å². The lowest BCUT2D eigenvalue weighted by atomic mass is 10.1. The number of anilines is 1. The third-order valence-corrected chi connectivity index (χ3v) is 4.78. The van der Waals surface area contributed by atoms with Gasteiger partial charge in [0.25, 0.3) is 11.6 Å². The van der Waals surface area contributed by atoms with Gasteiger partial charge in [0.05, 0.1) is 23.8 Å². The van der Waals surface area contributed by atoms with E-state index in [9.17, 15) is 20.2 Å². The fourth-order valence-electron chi connectivity index (χ4n) is 3.29. The minimum Gasteiger partial charge on any atom is -0.494 e. The molecule has 0 aliphatic rings. The van der Waals surface area contributed by atoms with Gasteiger partial charge in [-0.3, -0.25) is 14.9 Å². The van der Waals surface area contributed by atoms with Crippen molar-refractivity contribution in [1.82, 2.24) is 4.57 Å². The topological polar surface area (TPSA) is 110 Å². The van der Waals surface area contributed by atoms with Crippen LogP contribution in [0.25, 0.3) is 11.8 Å². The van der Waals surface area contributed by atoms with Gasteiger partial charge in [-0.2, -0.15) is 5.26 Å². The van der Waals surface area contributed by atoms with Crippen molar-refractivity contribution in [1.29, 1.82) is 5.26 Å². The Balaban J connectivity index is 2.00. The number of para-hydroxylation sites is 1. The van der Waals surface area contributed by atoms with Crippen molar-refractivity contribution in [3.8, 4) is 17.5 Å². The molecule has 8 heteroatoms. The molecule has 2 aromatic carbocycles. The molecule has 3 aromatic rings. The van der Waals surface area contributed by atoms with Gasteiger partial charge in [0.1, 0.15) is 17.4 Å². The Labute approximate surface area is 179 Å². The summed E-state index contributed by atoms with van der Waals surface area (Å²) in [5.74, 6) is -0.166. The number of nitriles is 1. The van der Waals surface area contributed by atoms with Crippen molar-refractivity contribution < 1.29 is 14.5 Å². The van der Waals surface area contributed by atoms with Crippen LogP contribution in [0.4, 0.5) is 11.4 Å². The molecule has 31 heavy (non-hydrogen) atoms. The van der Waals surface area contributed by atoms with E-state index in [1.165, 1.54) is 25.3 Å². The molecule has 0 radical (unpaired) electrons. The van der Waals surface area contributed by atoms with Gasteiger partial charge in [-0.15, -0.1) is 0 Å². The maximum absolute atomic E-state index is 12.5. The van der Waals surface area contributed by atoms with E-state index in [4.69, 9.17) is 4.74 Å². The summed E-state index contributed by atoms with van der Waals surface area (Å²) in [5.41, 5.74) is 3.34. The molecule has 3 rings (SSSR count). The van der Waals surface area contributed by atoms with Crippen LogP contribution in [0.5, 0.6) is 5.75 Å². The molecule has 1 N–H and O–H groups in total. The third-order valence-electron chi connectivity index (χ3n) is 4.78. The number of non-ortho nitro benzene ring substituents is 1. The average molecular weight is 416 g/mol. The standard InChI is InChI=1S/C23H20N4O4/c1-15-11-17(12-18(14-24)23(28)25-19-7-5-4-6-8-19)16(2)26(15)21-10-9-20(27(29)30)13-22(21)31-3/h4-13H,1-3H3,(H,25,28)/b18-12-. The zero-order valence-electron chi connectivity index (χ0n) is 17.2. The largest absolute Gasteiger partial charge is 0.494 e. The number of nitro groups is 1. The van der Waals surface area contributed by atoms with Gasteiger partial charge >= 0.3 is 0 Å². The van der Waals surface area contributed by atoms with E-state index in [1.54, 1.807) is 30.3 Å². The first-order chi connectivity index (χ1) is 14.8. The van der Waals surface area contributed by atoms with Crippen molar-refractivity contribution in [2.45, 2.75) is 13.8 Å². The van der Waals surface area contributed by atoms with Crippen LogP contribution >= 0.6 is 0 Å². The van der Waals surface area contributed by atoms with Crippen molar-refractivity contribution in [3.63, 3.8) is 0 Å². The number of nitrogens with one attached hydrogen (secondary N) is 1. The van der Waals surface area contributed by atoms with E-state index in [0.29, 0.717) is 22.7 Å². The zero-order chi connectivity index (χ0) is 22.5. The Morgan fingerprint density at radius 2 is 1.90 bits per heavy atom. The van der Waals surface area contributed by atoms with E-state index in [2.05, 4.69) is 5.32 Å². The molecule has 8 nitrogen and oxygen atoms in total. The predicted molar refractivity (Wildman–Crippen MR) is 117 cm³/mol. The van der Waals surface area contributed by atoms with E-state index in [1.807, 2.05) is 36.6 Å². The number of aryl methyl sites for hydroxylation is 1. The highest BCUT2D eigenvalue weighted by molar-refractivity contribution is 6.09.